The van der Waals surface area contributed by atoms with E-state index in [1.54, 1.807) is 6.92 Å². The van der Waals surface area contributed by atoms with E-state index in [-0.39, 0.29) is 0 Å². The summed E-state index contributed by atoms with van der Waals surface area (Å²) >= 11 is 0. The topological polar surface area (TPSA) is 22.0 Å². The molecule has 0 saturated carbocycles. The summed E-state index contributed by atoms with van der Waals surface area (Å²) in [6.45, 7) is 1.79. The smallest absolute Gasteiger partial charge is 0.145 e. The lowest BCUT2D eigenvalue weighted by Crippen LogP contribution is -1.78. The SMILES string of the molecule is CC(C=O)=Cc1ccn(C)c1. The predicted molar refractivity (Wildman–Crippen MR) is 45.1 cm³/mol. The molecule has 1 aromatic heterocycles. The van der Waals surface area contributed by atoms with Crippen LogP contribution in [0.25, 0.3) is 6.08 Å². The molecular weight excluding hydrogens is 138 g/mol. The van der Waals surface area contributed by atoms with Gasteiger partial charge in [0.1, 0.15) is 6.29 Å². The van der Waals surface area contributed by atoms with E-state index in [9.17, 15) is 4.79 Å². The van der Waals surface area contributed by atoms with E-state index in [0.29, 0.717) is 0 Å². The highest BCUT2D eigenvalue weighted by Crippen LogP contribution is 2.04. The Morgan fingerprint density at radius 3 is 2.82 bits per heavy atom. The van der Waals surface area contributed by atoms with Gasteiger partial charge in [-0.15, -0.1) is 0 Å². The van der Waals surface area contributed by atoms with Crippen molar-refractivity contribution < 1.29 is 4.79 Å². The van der Waals surface area contributed by atoms with E-state index in [2.05, 4.69) is 0 Å². The summed E-state index contributed by atoms with van der Waals surface area (Å²) < 4.78 is 1.95. The van der Waals surface area contributed by atoms with Crippen LogP contribution in [0.5, 0.6) is 0 Å². The highest BCUT2D eigenvalue weighted by Gasteiger charge is 1.90. The first-order valence-corrected chi connectivity index (χ1v) is 3.48. The molecule has 0 aliphatic heterocycles. The number of allylic oxidation sites excluding steroid dienone is 1. The van der Waals surface area contributed by atoms with Gasteiger partial charge in [-0.25, -0.2) is 0 Å². The van der Waals surface area contributed by atoms with Crippen molar-refractivity contribution >= 4 is 12.4 Å². The first-order chi connectivity index (χ1) is 5.22. The molecule has 1 rings (SSSR count). The van der Waals surface area contributed by atoms with Crippen molar-refractivity contribution in [1.29, 1.82) is 0 Å². The second-order valence-corrected chi connectivity index (χ2v) is 2.62. The Kier molecular flexibility index (Phi) is 2.26. The molecule has 0 saturated heterocycles. The molecule has 0 fully saturated rings. The molecule has 0 aliphatic rings. The Bertz CT molecular complexity index is 284. The normalized spacial score (nSPS) is 11.6. The van der Waals surface area contributed by atoms with Crippen molar-refractivity contribution in [2.75, 3.05) is 0 Å². The number of carbonyl (C=O) groups is 1. The lowest BCUT2D eigenvalue weighted by atomic mass is 10.2. The number of rotatable bonds is 2. The average Bonchev–Trinajstić information content (AvgIpc) is 2.35. The maximum Gasteiger partial charge on any atom is 0.145 e. The van der Waals surface area contributed by atoms with Crippen molar-refractivity contribution in [3.8, 4) is 0 Å². The first-order valence-electron chi connectivity index (χ1n) is 3.48. The van der Waals surface area contributed by atoms with Gasteiger partial charge in [-0.05, 0) is 30.2 Å². The van der Waals surface area contributed by atoms with Gasteiger partial charge in [0.15, 0.2) is 0 Å². The van der Waals surface area contributed by atoms with Crippen LogP contribution in [0.3, 0.4) is 0 Å². The number of hydrogen-bond acceptors (Lipinski definition) is 1. The third kappa shape index (κ3) is 2.08. The molecule has 0 aromatic carbocycles. The van der Waals surface area contributed by atoms with Crippen LogP contribution in [-0.4, -0.2) is 10.9 Å². The maximum atomic E-state index is 10.2. The lowest BCUT2D eigenvalue weighted by molar-refractivity contribution is -0.104. The molecule has 0 unspecified atom stereocenters. The molecule has 0 spiro atoms. The quantitative estimate of drug-likeness (QED) is 0.462. The second kappa shape index (κ2) is 3.19. The van der Waals surface area contributed by atoms with Gasteiger partial charge in [0.25, 0.3) is 0 Å². The molecule has 1 aromatic rings. The Morgan fingerprint density at radius 1 is 1.64 bits per heavy atom. The second-order valence-electron chi connectivity index (χ2n) is 2.62. The van der Waals surface area contributed by atoms with Crippen molar-refractivity contribution in [2.24, 2.45) is 7.05 Å². The van der Waals surface area contributed by atoms with Gasteiger partial charge in [-0.1, -0.05) is 0 Å². The van der Waals surface area contributed by atoms with Crippen molar-refractivity contribution in [1.82, 2.24) is 4.57 Å². The van der Waals surface area contributed by atoms with Gasteiger partial charge in [0.2, 0.25) is 0 Å². The Balaban J connectivity index is 2.86. The minimum atomic E-state index is 0.746. The number of nitrogens with zero attached hydrogens (tertiary/aromatic N) is 1. The minimum absolute atomic E-state index is 0.746. The highest BCUT2D eigenvalue weighted by molar-refractivity contribution is 5.80. The number of hydrogen-bond donors (Lipinski definition) is 0. The molecule has 2 nitrogen and oxygen atoms in total. The summed E-state index contributed by atoms with van der Waals surface area (Å²) in [6.07, 6.45) is 6.62. The van der Waals surface area contributed by atoms with Gasteiger partial charge in [-0.2, -0.15) is 0 Å². The van der Waals surface area contributed by atoms with Crippen molar-refractivity contribution in [3.63, 3.8) is 0 Å². The van der Waals surface area contributed by atoms with Crippen LogP contribution >= 0.6 is 0 Å². The van der Waals surface area contributed by atoms with E-state index in [1.165, 1.54) is 0 Å². The van der Waals surface area contributed by atoms with Crippen LogP contribution in [-0.2, 0) is 11.8 Å². The lowest BCUT2D eigenvalue weighted by Gasteiger charge is -1.86. The Labute approximate surface area is 66.1 Å². The molecule has 0 radical (unpaired) electrons. The first kappa shape index (κ1) is 7.79. The van der Waals surface area contributed by atoms with Crippen LogP contribution in [0.4, 0.5) is 0 Å². The molecule has 58 valence electrons. The number of carbonyl (C=O) groups excluding carboxylic acids is 1. The van der Waals surface area contributed by atoms with E-state index in [0.717, 1.165) is 17.4 Å². The van der Waals surface area contributed by atoms with Gasteiger partial charge in [0.05, 0.1) is 0 Å². The highest BCUT2D eigenvalue weighted by atomic mass is 16.1. The Morgan fingerprint density at radius 2 is 2.36 bits per heavy atom. The fraction of sp³-hybridized carbons (Fsp3) is 0.222. The van der Waals surface area contributed by atoms with E-state index in [1.807, 2.05) is 36.2 Å². The van der Waals surface area contributed by atoms with Crippen LogP contribution in [0.1, 0.15) is 12.5 Å². The van der Waals surface area contributed by atoms with Crippen LogP contribution in [0, 0.1) is 0 Å². The molecular formula is C9H11NO. The summed E-state index contributed by atoms with van der Waals surface area (Å²) in [5, 5.41) is 0. The fourth-order valence-electron chi connectivity index (χ4n) is 0.907. The largest absolute Gasteiger partial charge is 0.357 e. The monoisotopic (exact) mass is 149 g/mol. The third-order valence-corrected chi connectivity index (χ3v) is 1.44. The summed E-state index contributed by atoms with van der Waals surface area (Å²) in [5.41, 5.74) is 1.81. The van der Waals surface area contributed by atoms with E-state index in [4.69, 9.17) is 0 Å². The standard InChI is InChI=1S/C9H11NO/c1-8(7-11)5-9-3-4-10(2)6-9/h3-7H,1-2H3. The molecule has 11 heavy (non-hydrogen) atoms. The minimum Gasteiger partial charge on any atom is -0.357 e. The number of aromatic nitrogens is 1. The Hall–Kier alpha value is -1.31. The van der Waals surface area contributed by atoms with Crippen LogP contribution in [0.2, 0.25) is 0 Å². The zero-order valence-electron chi connectivity index (χ0n) is 6.74. The summed E-state index contributed by atoms with van der Waals surface area (Å²) in [6, 6.07) is 1.97. The summed E-state index contributed by atoms with van der Waals surface area (Å²) in [7, 11) is 1.95. The molecule has 0 amide bonds. The molecule has 2 heteroatoms. The van der Waals surface area contributed by atoms with Crippen molar-refractivity contribution in [2.45, 2.75) is 6.92 Å². The molecule has 0 N–H and O–H groups in total. The average molecular weight is 149 g/mol. The zero-order valence-corrected chi connectivity index (χ0v) is 6.74. The predicted octanol–water partition coefficient (Wildman–Crippen LogP) is 1.63. The summed E-state index contributed by atoms with van der Waals surface area (Å²) in [5.74, 6) is 0. The molecule has 0 bridgehead atoms. The van der Waals surface area contributed by atoms with E-state index < -0.39 is 0 Å². The van der Waals surface area contributed by atoms with Crippen molar-refractivity contribution in [3.05, 3.63) is 29.6 Å². The molecule has 0 atom stereocenters. The van der Waals surface area contributed by atoms with Gasteiger partial charge in [0, 0.05) is 19.4 Å². The zero-order chi connectivity index (χ0) is 8.27. The van der Waals surface area contributed by atoms with Crippen LogP contribution < -0.4 is 0 Å². The molecule has 1 heterocycles. The molecule has 0 aliphatic carbocycles. The maximum absolute atomic E-state index is 10.2. The van der Waals surface area contributed by atoms with E-state index >= 15 is 0 Å². The van der Waals surface area contributed by atoms with Crippen LogP contribution in [0.15, 0.2) is 24.0 Å². The van der Waals surface area contributed by atoms with Gasteiger partial charge in [-0.3, -0.25) is 4.79 Å². The number of aryl methyl sites for hydroxylation is 1. The third-order valence-electron chi connectivity index (χ3n) is 1.44. The number of aldehydes is 1. The fourth-order valence-corrected chi connectivity index (χ4v) is 0.907. The van der Waals surface area contributed by atoms with Gasteiger partial charge < -0.3 is 4.57 Å². The van der Waals surface area contributed by atoms with Gasteiger partial charge >= 0.3 is 0 Å². The summed E-state index contributed by atoms with van der Waals surface area (Å²) in [4.78, 5) is 10.2.